The predicted molar refractivity (Wildman–Crippen MR) is 81.7 cm³/mol. The van der Waals surface area contributed by atoms with Gasteiger partial charge in [-0.15, -0.1) is 0 Å². The summed E-state index contributed by atoms with van der Waals surface area (Å²) in [7, 11) is -4.13. The molecule has 8 nitrogen and oxygen atoms in total. The van der Waals surface area contributed by atoms with Gasteiger partial charge in [0.1, 0.15) is 0 Å². The van der Waals surface area contributed by atoms with E-state index < -0.39 is 31.5 Å². The summed E-state index contributed by atoms with van der Waals surface area (Å²) in [6.45, 7) is 0. The molecule has 0 aromatic heterocycles. The van der Waals surface area contributed by atoms with E-state index in [4.69, 9.17) is 5.11 Å². The fourth-order valence-corrected chi connectivity index (χ4v) is 3.14. The van der Waals surface area contributed by atoms with Crippen molar-refractivity contribution >= 4 is 27.4 Å². The fraction of sp³-hybridized carbons (Fsp3) is 0.0714. The van der Waals surface area contributed by atoms with Crippen LogP contribution in [-0.4, -0.2) is 24.4 Å². The van der Waals surface area contributed by atoms with Crippen LogP contribution >= 0.6 is 0 Å². The van der Waals surface area contributed by atoms with Crippen molar-refractivity contribution in [2.24, 2.45) is 0 Å². The Morgan fingerprint density at radius 1 is 1.13 bits per heavy atom. The SMILES string of the molecule is O=C(O)Cc1ccc(NS(=O)(=O)c2ccccc2[N+](=O)[O-])cc1. The van der Waals surface area contributed by atoms with Crippen LogP contribution in [0.5, 0.6) is 0 Å². The lowest BCUT2D eigenvalue weighted by Gasteiger charge is -2.09. The summed E-state index contributed by atoms with van der Waals surface area (Å²) in [5, 5.41) is 19.6. The highest BCUT2D eigenvalue weighted by Gasteiger charge is 2.25. The van der Waals surface area contributed by atoms with Gasteiger partial charge in [0, 0.05) is 11.8 Å². The maximum absolute atomic E-state index is 12.3. The number of anilines is 1. The van der Waals surface area contributed by atoms with Crippen LogP contribution in [0.1, 0.15) is 5.56 Å². The van der Waals surface area contributed by atoms with E-state index in [0.29, 0.717) is 5.56 Å². The molecule has 120 valence electrons. The van der Waals surface area contributed by atoms with Gasteiger partial charge in [-0.1, -0.05) is 24.3 Å². The third-order valence-electron chi connectivity index (χ3n) is 2.91. The summed E-state index contributed by atoms with van der Waals surface area (Å²) in [6, 6.07) is 10.7. The number of nitro benzene ring substituents is 1. The second-order valence-electron chi connectivity index (χ2n) is 4.60. The minimum absolute atomic E-state index is 0.178. The molecule has 2 aromatic carbocycles. The number of carboxylic acid groups (broad SMARTS) is 1. The van der Waals surface area contributed by atoms with Crippen molar-refractivity contribution in [3.05, 3.63) is 64.2 Å². The molecule has 0 spiro atoms. The van der Waals surface area contributed by atoms with Crippen LogP contribution in [0.4, 0.5) is 11.4 Å². The van der Waals surface area contributed by atoms with Gasteiger partial charge in [0.15, 0.2) is 4.90 Å². The van der Waals surface area contributed by atoms with Crippen molar-refractivity contribution in [1.29, 1.82) is 0 Å². The molecular weight excluding hydrogens is 324 g/mol. The van der Waals surface area contributed by atoms with Crippen LogP contribution in [-0.2, 0) is 21.2 Å². The standard InChI is InChI=1S/C14H12N2O6S/c17-14(18)9-10-5-7-11(8-6-10)15-23(21,22)13-4-2-1-3-12(13)16(19)20/h1-8,15H,9H2,(H,17,18). The number of para-hydroxylation sites is 1. The smallest absolute Gasteiger partial charge is 0.307 e. The molecule has 0 amide bonds. The number of benzene rings is 2. The molecule has 23 heavy (non-hydrogen) atoms. The molecule has 0 saturated heterocycles. The molecule has 2 aromatic rings. The molecule has 0 aliphatic heterocycles. The van der Waals surface area contributed by atoms with Gasteiger partial charge in [-0.3, -0.25) is 19.6 Å². The zero-order valence-electron chi connectivity index (χ0n) is 11.7. The number of hydrogen-bond donors (Lipinski definition) is 2. The number of carbonyl (C=O) groups is 1. The molecule has 0 aliphatic rings. The highest BCUT2D eigenvalue weighted by molar-refractivity contribution is 7.92. The topological polar surface area (TPSA) is 127 Å². The number of rotatable bonds is 6. The van der Waals surface area contributed by atoms with Gasteiger partial charge in [-0.05, 0) is 23.8 Å². The number of aliphatic carboxylic acids is 1. The number of nitrogens with zero attached hydrogens (tertiary/aromatic N) is 1. The monoisotopic (exact) mass is 336 g/mol. The molecule has 9 heteroatoms. The Kier molecular flexibility index (Phi) is 4.60. The summed E-state index contributed by atoms with van der Waals surface area (Å²) in [6.07, 6.45) is -0.183. The van der Waals surface area contributed by atoms with Gasteiger partial charge in [-0.2, -0.15) is 0 Å². The lowest BCUT2D eigenvalue weighted by molar-refractivity contribution is -0.387. The van der Waals surface area contributed by atoms with Crippen molar-refractivity contribution in [2.45, 2.75) is 11.3 Å². The highest BCUT2D eigenvalue weighted by atomic mass is 32.2. The van der Waals surface area contributed by atoms with Crippen molar-refractivity contribution < 1.29 is 23.2 Å². The third-order valence-corrected chi connectivity index (χ3v) is 4.34. The maximum Gasteiger partial charge on any atom is 0.307 e. The number of nitrogens with one attached hydrogen (secondary N) is 1. The molecule has 0 radical (unpaired) electrons. The molecule has 0 saturated carbocycles. The van der Waals surface area contributed by atoms with E-state index in [1.54, 1.807) is 0 Å². The predicted octanol–water partition coefficient (Wildman–Crippen LogP) is 2.02. The number of sulfonamides is 1. The first kappa shape index (κ1) is 16.4. The van der Waals surface area contributed by atoms with Crippen LogP contribution in [0.3, 0.4) is 0 Å². The first-order valence-electron chi connectivity index (χ1n) is 6.36. The zero-order chi connectivity index (χ0) is 17.0. The van der Waals surface area contributed by atoms with Crippen LogP contribution in [0.15, 0.2) is 53.4 Å². The number of nitro groups is 1. The van der Waals surface area contributed by atoms with E-state index in [1.165, 1.54) is 36.4 Å². The van der Waals surface area contributed by atoms with Crippen molar-refractivity contribution in [3.63, 3.8) is 0 Å². The van der Waals surface area contributed by atoms with Gasteiger partial charge < -0.3 is 5.11 Å². The van der Waals surface area contributed by atoms with Crippen LogP contribution < -0.4 is 4.72 Å². The molecule has 0 aliphatic carbocycles. The molecule has 0 bridgehead atoms. The van der Waals surface area contributed by atoms with Crippen molar-refractivity contribution in [2.75, 3.05) is 4.72 Å². The summed E-state index contributed by atoms with van der Waals surface area (Å²) in [4.78, 5) is 20.3. The van der Waals surface area contributed by atoms with Crippen molar-refractivity contribution in [3.8, 4) is 0 Å². The maximum atomic E-state index is 12.3. The summed E-state index contributed by atoms with van der Waals surface area (Å²) >= 11 is 0. The van der Waals surface area contributed by atoms with Gasteiger partial charge >= 0.3 is 5.97 Å². The van der Waals surface area contributed by atoms with E-state index in [1.807, 2.05) is 0 Å². The molecule has 2 rings (SSSR count). The lowest BCUT2D eigenvalue weighted by Crippen LogP contribution is -2.14. The van der Waals surface area contributed by atoms with Gasteiger partial charge in [0.25, 0.3) is 15.7 Å². The van der Waals surface area contributed by atoms with E-state index in [-0.39, 0.29) is 12.1 Å². The van der Waals surface area contributed by atoms with Crippen LogP contribution in [0.2, 0.25) is 0 Å². The average molecular weight is 336 g/mol. The minimum atomic E-state index is -4.13. The number of hydrogen-bond acceptors (Lipinski definition) is 5. The molecule has 0 atom stereocenters. The van der Waals surface area contributed by atoms with Crippen LogP contribution in [0, 0.1) is 10.1 Å². The van der Waals surface area contributed by atoms with Gasteiger partial charge in [-0.25, -0.2) is 8.42 Å². The molecule has 0 fully saturated rings. The highest BCUT2D eigenvalue weighted by Crippen LogP contribution is 2.25. The van der Waals surface area contributed by atoms with Crippen LogP contribution in [0.25, 0.3) is 0 Å². The second kappa shape index (κ2) is 6.44. The fourth-order valence-electron chi connectivity index (χ4n) is 1.91. The molecule has 2 N–H and O–H groups in total. The van der Waals surface area contributed by atoms with E-state index in [0.717, 1.165) is 12.1 Å². The first-order valence-corrected chi connectivity index (χ1v) is 7.85. The Balaban J connectivity index is 2.28. The average Bonchev–Trinajstić information content (AvgIpc) is 2.48. The Bertz CT molecular complexity index is 846. The Morgan fingerprint density at radius 2 is 1.74 bits per heavy atom. The van der Waals surface area contributed by atoms with Gasteiger partial charge in [0.2, 0.25) is 0 Å². The Hall–Kier alpha value is -2.94. The van der Waals surface area contributed by atoms with E-state index >= 15 is 0 Å². The summed E-state index contributed by atoms with van der Waals surface area (Å²) < 4.78 is 26.8. The second-order valence-corrected chi connectivity index (χ2v) is 6.25. The Morgan fingerprint density at radius 3 is 2.30 bits per heavy atom. The molecular formula is C14H12N2O6S. The zero-order valence-corrected chi connectivity index (χ0v) is 12.5. The molecule has 0 heterocycles. The summed E-state index contributed by atoms with van der Waals surface area (Å²) in [5.41, 5.74) is 0.158. The van der Waals surface area contributed by atoms with Crippen molar-refractivity contribution in [1.82, 2.24) is 0 Å². The largest absolute Gasteiger partial charge is 0.481 e. The Labute approximate surface area is 131 Å². The van der Waals surface area contributed by atoms with E-state index in [9.17, 15) is 23.3 Å². The molecule has 0 unspecified atom stereocenters. The normalized spacial score (nSPS) is 11.0. The number of carboxylic acids is 1. The summed E-state index contributed by atoms with van der Waals surface area (Å²) in [5.74, 6) is -1.00. The minimum Gasteiger partial charge on any atom is -0.481 e. The first-order chi connectivity index (χ1) is 10.8. The quantitative estimate of drug-likeness (QED) is 0.614. The third kappa shape index (κ3) is 4.04. The van der Waals surface area contributed by atoms with E-state index in [2.05, 4.69) is 4.72 Å². The lowest BCUT2D eigenvalue weighted by atomic mass is 10.1. The van der Waals surface area contributed by atoms with Gasteiger partial charge in [0.05, 0.1) is 11.3 Å².